The Bertz CT molecular complexity index is 529. The average molecular weight is 344 g/mol. The van der Waals surface area contributed by atoms with Gasteiger partial charge in [0.05, 0.1) is 6.61 Å². The maximum atomic E-state index is 5.97. The monoisotopic (exact) mass is 344 g/mol. The summed E-state index contributed by atoms with van der Waals surface area (Å²) in [7, 11) is 0. The summed E-state index contributed by atoms with van der Waals surface area (Å²) < 4.78 is 11.6. The molecule has 4 nitrogen and oxygen atoms in total. The van der Waals surface area contributed by atoms with Crippen LogP contribution in [0.15, 0.2) is 24.3 Å². The van der Waals surface area contributed by atoms with Gasteiger partial charge < -0.3 is 14.4 Å². The van der Waals surface area contributed by atoms with E-state index in [4.69, 9.17) is 9.47 Å². The van der Waals surface area contributed by atoms with Crippen molar-refractivity contribution in [3.8, 4) is 5.75 Å². The zero-order valence-electron chi connectivity index (χ0n) is 15.4. The summed E-state index contributed by atoms with van der Waals surface area (Å²) in [6.45, 7) is 10.0. The van der Waals surface area contributed by atoms with Gasteiger partial charge in [-0.05, 0) is 62.9 Å². The van der Waals surface area contributed by atoms with E-state index in [0.717, 1.165) is 44.8 Å². The molecule has 4 heteroatoms. The Kier molecular flexibility index (Phi) is 5.59. The van der Waals surface area contributed by atoms with Crippen LogP contribution in [0.4, 0.5) is 0 Å². The van der Waals surface area contributed by atoms with E-state index in [9.17, 15) is 0 Å². The van der Waals surface area contributed by atoms with Crippen molar-refractivity contribution in [2.45, 2.75) is 37.5 Å². The van der Waals surface area contributed by atoms with E-state index >= 15 is 0 Å². The summed E-state index contributed by atoms with van der Waals surface area (Å²) in [5.74, 6) is 1.01. The van der Waals surface area contributed by atoms with Gasteiger partial charge in [-0.3, -0.25) is 4.90 Å². The third-order valence-electron chi connectivity index (χ3n) is 6.07. The molecule has 138 valence electrons. The van der Waals surface area contributed by atoms with Crippen LogP contribution in [-0.2, 0) is 10.2 Å². The molecule has 25 heavy (non-hydrogen) atoms. The van der Waals surface area contributed by atoms with Gasteiger partial charge >= 0.3 is 0 Å². The number of likely N-dealkylation sites (tertiary alicyclic amines) is 1. The van der Waals surface area contributed by atoms with Crippen molar-refractivity contribution < 1.29 is 9.47 Å². The molecule has 3 saturated heterocycles. The van der Waals surface area contributed by atoms with Crippen LogP contribution in [0.1, 0.15) is 37.7 Å². The normalized spacial score (nSPS) is 23.7. The summed E-state index contributed by atoms with van der Waals surface area (Å²) in [6.07, 6.45) is 6.14. The lowest BCUT2D eigenvalue weighted by atomic mass is 9.74. The van der Waals surface area contributed by atoms with Gasteiger partial charge in [0.15, 0.2) is 0 Å². The smallest absolute Gasteiger partial charge is 0.119 e. The molecule has 0 saturated carbocycles. The maximum absolute atomic E-state index is 5.97. The fraction of sp³-hybridized carbons (Fsp3) is 0.714. The second-order valence-electron chi connectivity index (χ2n) is 7.94. The van der Waals surface area contributed by atoms with E-state index in [1.54, 1.807) is 0 Å². The van der Waals surface area contributed by atoms with Crippen LogP contribution >= 0.6 is 0 Å². The SMILES string of the molecule is c1cc(C2(CN3CC3)CCOCC2)ccc1OCCCN1CCCC1. The molecule has 0 bridgehead atoms. The van der Waals surface area contributed by atoms with Gasteiger partial charge in [0.1, 0.15) is 5.75 Å². The van der Waals surface area contributed by atoms with E-state index in [0.29, 0.717) is 0 Å². The van der Waals surface area contributed by atoms with Crippen LogP contribution in [-0.4, -0.2) is 68.9 Å². The van der Waals surface area contributed by atoms with Crippen LogP contribution in [0.25, 0.3) is 0 Å². The predicted molar refractivity (Wildman–Crippen MR) is 100 cm³/mol. The number of hydrogen-bond acceptors (Lipinski definition) is 4. The van der Waals surface area contributed by atoms with Crippen molar-refractivity contribution >= 4 is 0 Å². The molecule has 3 aliphatic heterocycles. The number of nitrogens with zero attached hydrogens (tertiary/aromatic N) is 2. The molecule has 1 aromatic carbocycles. The molecular weight excluding hydrogens is 312 g/mol. The highest BCUT2D eigenvalue weighted by molar-refractivity contribution is 5.33. The molecule has 0 aromatic heterocycles. The van der Waals surface area contributed by atoms with E-state index in [-0.39, 0.29) is 5.41 Å². The lowest BCUT2D eigenvalue weighted by molar-refractivity contribution is 0.0448. The Hall–Kier alpha value is -1.10. The van der Waals surface area contributed by atoms with Gasteiger partial charge in [0.25, 0.3) is 0 Å². The minimum Gasteiger partial charge on any atom is -0.494 e. The van der Waals surface area contributed by atoms with E-state index in [1.165, 1.54) is 57.7 Å². The fourth-order valence-electron chi connectivity index (χ4n) is 4.35. The summed E-state index contributed by atoms with van der Waals surface area (Å²) in [4.78, 5) is 5.10. The van der Waals surface area contributed by atoms with Crippen molar-refractivity contribution in [1.82, 2.24) is 9.80 Å². The molecule has 0 atom stereocenters. The van der Waals surface area contributed by atoms with E-state index in [2.05, 4.69) is 34.1 Å². The second-order valence-corrected chi connectivity index (χ2v) is 7.94. The molecule has 0 amide bonds. The molecular formula is C21H32N2O2. The summed E-state index contributed by atoms with van der Waals surface area (Å²) in [5, 5.41) is 0. The van der Waals surface area contributed by atoms with Crippen LogP contribution in [0.2, 0.25) is 0 Å². The van der Waals surface area contributed by atoms with Crippen molar-refractivity contribution in [3.63, 3.8) is 0 Å². The molecule has 1 aromatic rings. The third kappa shape index (κ3) is 4.55. The van der Waals surface area contributed by atoms with Gasteiger partial charge in [-0.25, -0.2) is 0 Å². The Labute approximate surface area is 152 Å². The van der Waals surface area contributed by atoms with E-state index in [1.807, 2.05) is 0 Å². The molecule has 3 heterocycles. The second kappa shape index (κ2) is 8.07. The van der Waals surface area contributed by atoms with Crippen LogP contribution in [0.3, 0.4) is 0 Å². The summed E-state index contributed by atoms with van der Waals surface area (Å²) in [6, 6.07) is 8.94. The molecule has 3 aliphatic rings. The number of hydrogen-bond donors (Lipinski definition) is 0. The molecule has 0 spiro atoms. The van der Waals surface area contributed by atoms with Crippen molar-refractivity contribution in [2.24, 2.45) is 0 Å². The van der Waals surface area contributed by atoms with Crippen molar-refractivity contribution in [1.29, 1.82) is 0 Å². The molecule has 4 rings (SSSR count). The average Bonchev–Trinajstić information content (AvgIpc) is 3.31. The fourth-order valence-corrected chi connectivity index (χ4v) is 4.35. The highest BCUT2D eigenvalue weighted by Gasteiger charge is 2.38. The first kappa shape index (κ1) is 17.3. The van der Waals surface area contributed by atoms with Crippen molar-refractivity contribution in [2.75, 3.05) is 59.1 Å². The summed E-state index contributed by atoms with van der Waals surface area (Å²) in [5.41, 5.74) is 1.75. The molecule has 3 fully saturated rings. The zero-order valence-corrected chi connectivity index (χ0v) is 15.4. The highest BCUT2D eigenvalue weighted by Crippen LogP contribution is 2.37. The number of ether oxygens (including phenoxy) is 2. The quantitative estimate of drug-likeness (QED) is 0.535. The topological polar surface area (TPSA) is 24.7 Å². The minimum absolute atomic E-state index is 0.281. The van der Waals surface area contributed by atoms with Gasteiger partial charge in [-0.15, -0.1) is 0 Å². The van der Waals surface area contributed by atoms with Gasteiger partial charge in [0.2, 0.25) is 0 Å². The summed E-state index contributed by atoms with van der Waals surface area (Å²) >= 11 is 0. The first-order valence-electron chi connectivity index (χ1n) is 10.1. The molecule has 0 N–H and O–H groups in total. The highest BCUT2D eigenvalue weighted by atomic mass is 16.5. The molecule has 0 unspecified atom stereocenters. The Balaban J connectivity index is 1.30. The lowest BCUT2D eigenvalue weighted by Crippen LogP contribution is -2.40. The van der Waals surface area contributed by atoms with Gasteiger partial charge in [-0.1, -0.05) is 12.1 Å². The van der Waals surface area contributed by atoms with Crippen molar-refractivity contribution in [3.05, 3.63) is 29.8 Å². The Morgan fingerprint density at radius 2 is 1.64 bits per heavy atom. The number of rotatable bonds is 8. The third-order valence-corrected chi connectivity index (χ3v) is 6.07. The van der Waals surface area contributed by atoms with E-state index < -0.39 is 0 Å². The van der Waals surface area contributed by atoms with Crippen LogP contribution < -0.4 is 4.74 Å². The standard InChI is InChI=1S/C21H32N2O2/c1-2-11-22(10-1)12-3-15-25-20-6-4-19(5-7-20)21(18-23-13-14-23)8-16-24-17-9-21/h4-7H,1-3,8-18H2. The number of benzene rings is 1. The first-order valence-corrected chi connectivity index (χ1v) is 10.1. The minimum atomic E-state index is 0.281. The predicted octanol–water partition coefficient (Wildman–Crippen LogP) is 2.92. The Morgan fingerprint density at radius 1 is 0.920 bits per heavy atom. The zero-order chi connectivity index (χ0) is 17.0. The molecule has 0 radical (unpaired) electrons. The van der Waals surface area contributed by atoms with Gasteiger partial charge in [0, 0.05) is 44.8 Å². The van der Waals surface area contributed by atoms with Crippen LogP contribution in [0.5, 0.6) is 5.75 Å². The Morgan fingerprint density at radius 3 is 2.32 bits per heavy atom. The largest absolute Gasteiger partial charge is 0.494 e. The van der Waals surface area contributed by atoms with Crippen LogP contribution in [0, 0.1) is 0 Å². The lowest BCUT2D eigenvalue weighted by Gasteiger charge is -2.38. The van der Waals surface area contributed by atoms with Gasteiger partial charge in [-0.2, -0.15) is 0 Å². The first-order chi connectivity index (χ1) is 12.3. The maximum Gasteiger partial charge on any atom is 0.119 e. The molecule has 0 aliphatic carbocycles.